The molecule has 0 bridgehead atoms. The Hall–Kier alpha value is -5.95. The third-order valence-electron chi connectivity index (χ3n) is 8.61. The summed E-state index contributed by atoms with van der Waals surface area (Å²) in [6.45, 7) is 6.53. The van der Waals surface area contributed by atoms with Crippen molar-refractivity contribution in [3.8, 4) is 17.6 Å². The first kappa shape index (κ1) is 38.8. The first-order valence-electron chi connectivity index (χ1n) is 17.6. The first-order valence-corrected chi connectivity index (χ1v) is 20.1. The van der Waals surface area contributed by atoms with E-state index in [1.165, 1.54) is 18.2 Å². The number of carbonyl (C=O) groups excluding carboxylic acids is 1. The second-order valence-electron chi connectivity index (χ2n) is 12.4. The quantitative estimate of drug-likeness (QED) is 0.0458. The van der Waals surface area contributed by atoms with E-state index >= 15 is 0 Å². The molecule has 1 aromatic heterocycles. The molecule has 4 aromatic carbocycles. The van der Waals surface area contributed by atoms with Gasteiger partial charge in [-0.2, -0.15) is 0 Å². The summed E-state index contributed by atoms with van der Waals surface area (Å²) in [5.41, 5.74) is 2.51. The number of nitro groups is 1. The summed E-state index contributed by atoms with van der Waals surface area (Å²) in [6.07, 6.45) is 0. The first-order chi connectivity index (χ1) is 26.7. The van der Waals surface area contributed by atoms with Crippen molar-refractivity contribution in [3.63, 3.8) is 0 Å². The summed E-state index contributed by atoms with van der Waals surface area (Å²) >= 11 is 1.58. The molecule has 1 fully saturated rings. The molecule has 0 spiro atoms. The Kier molecular flexibility index (Phi) is 13.0. The lowest BCUT2D eigenvalue weighted by Gasteiger charge is -2.35. The molecule has 0 aliphatic carbocycles. The lowest BCUT2D eigenvalue weighted by atomic mass is 10.1. The molecule has 0 saturated carbocycles. The Labute approximate surface area is 324 Å². The number of amides is 1. The normalized spacial score (nSPS) is 13.0. The van der Waals surface area contributed by atoms with Gasteiger partial charge in [-0.3, -0.25) is 19.8 Å². The summed E-state index contributed by atoms with van der Waals surface area (Å²) in [6, 6.07) is 32.0. The summed E-state index contributed by atoms with van der Waals surface area (Å²) < 4.78 is 33.8. The van der Waals surface area contributed by atoms with Gasteiger partial charge in [-0.25, -0.2) is 13.1 Å². The zero-order valence-corrected chi connectivity index (χ0v) is 31.7. The van der Waals surface area contributed by atoms with Crippen LogP contribution in [0.15, 0.2) is 119 Å². The number of thioether (sulfide) groups is 1. The summed E-state index contributed by atoms with van der Waals surface area (Å²) in [5.74, 6) is 7.55. The van der Waals surface area contributed by atoms with E-state index in [2.05, 4.69) is 38.3 Å². The number of nitrogens with zero attached hydrogens (tertiary/aromatic N) is 5. The predicted molar refractivity (Wildman–Crippen MR) is 213 cm³/mol. The summed E-state index contributed by atoms with van der Waals surface area (Å²) in [4.78, 5) is 29.1. The van der Waals surface area contributed by atoms with Crippen molar-refractivity contribution in [2.75, 3.05) is 55.3 Å². The van der Waals surface area contributed by atoms with Gasteiger partial charge in [0.1, 0.15) is 11.4 Å². The molecule has 1 aliphatic heterocycles. The molecule has 55 heavy (non-hydrogen) atoms. The smallest absolute Gasteiger partial charge is 0.293 e. The van der Waals surface area contributed by atoms with Crippen molar-refractivity contribution in [1.29, 1.82) is 0 Å². The third-order valence-corrected chi connectivity index (χ3v) is 11.0. The lowest BCUT2D eigenvalue weighted by Crippen LogP contribution is -2.46. The standard InChI is InChI=1S/C40H39N7O6S2/c1-2-53-33-12-8-9-30(27-33)15-16-31-10-6-7-11-32(31)29-45-22-24-46(25-23-45)39-20-19-37(42-43-39)40(48)44-55(51,52)35-17-18-36(38(28-35)47(49)50)41-21-26-54-34-13-4-3-5-14-34/h3-14,17-20,27-28,41H,2,21-26,29H2,1H3,(H,44,48). The topological polar surface area (TPSA) is 160 Å². The Balaban J connectivity index is 1.01. The monoisotopic (exact) mass is 777 g/mol. The molecular formula is C40H39N7O6S2. The highest BCUT2D eigenvalue weighted by molar-refractivity contribution is 7.99. The molecule has 5 aromatic rings. The molecule has 6 rings (SSSR count). The molecule has 1 aliphatic rings. The van der Waals surface area contributed by atoms with Gasteiger partial charge in [-0.1, -0.05) is 54.3 Å². The van der Waals surface area contributed by atoms with Gasteiger partial charge in [-0.05, 0) is 73.2 Å². The fourth-order valence-corrected chi connectivity index (χ4v) is 7.59. The molecule has 13 nitrogen and oxygen atoms in total. The Morgan fingerprint density at radius 3 is 2.44 bits per heavy atom. The van der Waals surface area contributed by atoms with Crippen molar-refractivity contribution in [2.24, 2.45) is 0 Å². The highest BCUT2D eigenvalue weighted by Gasteiger charge is 2.25. The second kappa shape index (κ2) is 18.4. The number of benzene rings is 4. The fraction of sp³-hybridized carbons (Fsp3) is 0.225. The average molecular weight is 778 g/mol. The van der Waals surface area contributed by atoms with Gasteiger partial charge in [0.05, 0.1) is 16.4 Å². The number of hydrogen-bond acceptors (Lipinski definition) is 12. The van der Waals surface area contributed by atoms with Crippen LogP contribution in [-0.2, 0) is 16.6 Å². The Morgan fingerprint density at radius 1 is 0.909 bits per heavy atom. The molecule has 2 N–H and O–H groups in total. The van der Waals surface area contributed by atoms with Crippen LogP contribution in [0, 0.1) is 22.0 Å². The van der Waals surface area contributed by atoms with Crippen LogP contribution >= 0.6 is 11.8 Å². The third kappa shape index (κ3) is 10.6. The lowest BCUT2D eigenvalue weighted by molar-refractivity contribution is -0.384. The van der Waals surface area contributed by atoms with E-state index < -0.39 is 31.4 Å². The van der Waals surface area contributed by atoms with Crippen LogP contribution in [0.25, 0.3) is 0 Å². The van der Waals surface area contributed by atoms with Gasteiger partial charge in [0.25, 0.3) is 21.6 Å². The summed E-state index contributed by atoms with van der Waals surface area (Å²) in [5, 5.41) is 23.0. The molecule has 282 valence electrons. The molecular weight excluding hydrogens is 739 g/mol. The minimum Gasteiger partial charge on any atom is -0.494 e. The molecule has 1 saturated heterocycles. The number of hydrogen-bond donors (Lipinski definition) is 2. The van der Waals surface area contributed by atoms with Crippen molar-refractivity contribution in [3.05, 3.63) is 142 Å². The number of sulfonamides is 1. The molecule has 1 amide bonds. The molecule has 0 unspecified atom stereocenters. The highest BCUT2D eigenvalue weighted by Crippen LogP contribution is 2.28. The zero-order valence-electron chi connectivity index (χ0n) is 30.1. The number of rotatable bonds is 14. The van der Waals surface area contributed by atoms with Crippen LogP contribution in [0.5, 0.6) is 5.75 Å². The van der Waals surface area contributed by atoms with E-state index in [1.807, 2.05) is 89.3 Å². The fourth-order valence-electron chi connectivity index (χ4n) is 5.82. The minimum atomic E-state index is -4.46. The number of nitrogens with one attached hydrogen (secondary N) is 2. The summed E-state index contributed by atoms with van der Waals surface area (Å²) in [7, 11) is -4.46. The maximum absolute atomic E-state index is 13.1. The van der Waals surface area contributed by atoms with Gasteiger partial charge < -0.3 is 15.0 Å². The number of piperazine rings is 1. The van der Waals surface area contributed by atoms with E-state index in [0.717, 1.165) is 53.0 Å². The van der Waals surface area contributed by atoms with Crippen LogP contribution in [0.3, 0.4) is 0 Å². The molecule has 2 heterocycles. The number of anilines is 2. The number of ether oxygens (including phenoxy) is 1. The van der Waals surface area contributed by atoms with Crippen molar-refractivity contribution < 1.29 is 22.9 Å². The van der Waals surface area contributed by atoms with Crippen molar-refractivity contribution >= 4 is 44.9 Å². The largest absolute Gasteiger partial charge is 0.494 e. The Morgan fingerprint density at radius 2 is 1.69 bits per heavy atom. The van der Waals surface area contributed by atoms with Crippen LogP contribution < -0.4 is 19.7 Å². The van der Waals surface area contributed by atoms with E-state index in [-0.39, 0.29) is 11.4 Å². The van der Waals surface area contributed by atoms with Crippen LogP contribution in [-0.4, -0.2) is 79.4 Å². The Bertz CT molecular complexity index is 2290. The highest BCUT2D eigenvalue weighted by atomic mass is 32.2. The number of aromatic nitrogens is 2. The van der Waals surface area contributed by atoms with E-state index in [9.17, 15) is 23.3 Å². The maximum Gasteiger partial charge on any atom is 0.293 e. The van der Waals surface area contributed by atoms with E-state index in [1.54, 1.807) is 17.8 Å². The van der Waals surface area contributed by atoms with Gasteiger partial charge in [0.2, 0.25) is 0 Å². The van der Waals surface area contributed by atoms with Crippen LogP contribution in [0.1, 0.15) is 34.1 Å². The molecule has 0 atom stereocenters. The van der Waals surface area contributed by atoms with E-state index in [0.29, 0.717) is 37.8 Å². The van der Waals surface area contributed by atoms with Crippen molar-refractivity contribution in [1.82, 2.24) is 19.8 Å². The van der Waals surface area contributed by atoms with Crippen LogP contribution in [0.4, 0.5) is 17.2 Å². The van der Waals surface area contributed by atoms with Gasteiger partial charge in [0, 0.05) is 67.1 Å². The van der Waals surface area contributed by atoms with Gasteiger partial charge in [0.15, 0.2) is 11.5 Å². The SMILES string of the molecule is CCOc1cccc(C#Cc2ccccc2CN2CCN(c3ccc(C(=O)NS(=O)(=O)c4ccc(NCCSc5ccccc5)c([N+](=O)[O-])c4)nn3)CC2)c1. The van der Waals surface area contributed by atoms with Crippen molar-refractivity contribution in [2.45, 2.75) is 23.3 Å². The van der Waals surface area contributed by atoms with Crippen LogP contribution in [0.2, 0.25) is 0 Å². The average Bonchev–Trinajstić information content (AvgIpc) is 3.20. The second-order valence-corrected chi connectivity index (χ2v) is 15.2. The number of carbonyl (C=O) groups is 1. The van der Waals surface area contributed by atoms with E-state index in [4.69, 9.17) is 4.74 Å². The number of nitro benzene ring substituents is 1. The zero-order chi connectivity index (χ0) is 38.6. The van der Waals surface area contributed by atoms with Gasteiger partial charge in [-0.15, -0.1) is 22.0 Å². The predicted octanol–water partition coefficient (Wildman–Crippen LogP) is 5.83. The molecule has 0 radical (unpaired) electrons. The molecule has 15 heteroatoms. The van der Waals surface area contributed by atoms with Gasteiger partial charge >= 0.3 is 0 Å². The minimum absolute atomic E-state index is 0.168. The maximum atomic E-state index is 13.1.